The second kappa shape index (κ2) is 9.80. The highest BCUT2D eigenvalue weighted by Gasteiger charge is 2.15. The fourth-order valence-electron chi connectivity index (χ4n) is 2.62. The van der Waals surface area contributed by atoms with E-state index in [0.717, 1.165) is 29.8 Å². The maximum absolute atomic E-state index is 12.1. The van der Waals surface area contributed by atoms with Crippen LogP contribution in [-0.2, 0) is 16.0 Å². The molecule has 0 radical (unpaired) electrons. The molecule has 0 atom stereocenters. The molecule has 0 saturated carbocycles. The van der Waals surface area contributed by atoms with Crippen LogP contribution in [0.5, 0.6) is 0 Å². The van der Waals surface area contributed by atoms with E-state index in [1.54, 1.807) is 5.38 Å². The molecule has 3 rings (SSSR count). The van der Waals surface area contributed by atoms with Gasteiger partial charge in [-0.25, -0.2) is 9.78 Å². The Morgan fingerprint density at radius 3 is 2.54 bits per heavy atom. The Balaban J connectivity index is 1.49. The molecule has 5 nitrogen and oxygen atoms in total. The summed E-state index contributed by atoms with van der Waals surface area (Å²) >= 11 is 1.36. The summed E-state index contributed by atoms with van der Waals surface area (Å²) in [6.45, 7) is 1.80. The lowest BCUT2D eigenvalue weighted by Crippen LogP contribution is -2.21. The smallest absolute Gasteiger partial charge is 0.358 e. The molecule has 0 aliphatic heterocycles. The van der Waals surface area contributed by atoms with E-state index in [1.807, 2.05) is 54.6 Å². The Bertz CT molecular complexity index is 920. The monoisotopic (exact) mass is 394 g/mol. The van der Waals surface area contributed by atoms with Crippen LogP contribution >= 0.6 is 11.3 Å². The molecular weight excluding hydrogens is 372 g/mol. The average molecular weight is 394 g/mol. The third kappa shape index (κ3) is 5.50. The van der Waals surface area contributed by atoms with Crippen LogP contribution in [0.25, 0.3) is 10.6 Å². The van der Waals surface area contributed by atoms with Gasteiger partial charge in [-0.15, -0.1) is 11.3 Å². The molecule has 28 heavy (non-hydrogen) atoms. The number of anilines is 1. The van der Waals surface area contributed by atoms with Crippen LogP contribution in [0.1, 0.15) is 35.8 Å². The maximum atomic E-state index is 12.1. The third-order valence-corrected chi connectivity index (χ3v) is 5.02. The molecule has 6 heteroatoms. The van der Waals surface area contributed by atoms with Crippen molar-refractivity contribution in [2.75, 3.05) is 11.9 Å². The lowest BCUT2D eigenvalue weighted by Gasteiger charge is -2.07. The number of amides is 1. The van der Waals surface area contributed by atoms with Gasteiger partial charge in [-0.2, -0.15) is 0 Å². The van der Waals surface area contributed by atoms with E-state index in [9.17, 15) is 9.59 Å². The largest absolute Gasteiger partial charge is 0.451 e. The summed E-state index contributed by atoms with van der Waals surface area (Å²) in [5.41, 5.74) is 3.06. The number of rotatable bonds is 8. The fraction of sp³-hybridized carbons (Fsp3) is 0.227. The zero-order valence-electron chi connectivity index (χ0n) is 15.7. The fourth-order valence-corrected chi connectivity index (χ4v) is 3.41. The van der Waals surface area contributed by atoms with Crippen molar-refractivity contribution >= 4 is 28.9 Å². The molecule has 0 unspecified atom stereocenters. The molecule has 0 saturated heterocycles. The second-order valence-electron chi connectivity index (χ2n) is 6.33. The number of unbranched alkanes of at least 4 members (excludes halogenated alkanes) is 1. The molecule has 0 aliphatic rings. The molecule has 0 fully saturated rings. The summed E-state index contributed by atoms with van der Waals surface area (Å²) in [6, 6.07) is 17.3. The van der Waals surface area contributed by atoms with Gasteiger partial charge in [-0.1, -0.05) is 55.8 Å². The SMILES string of the molecule is CCCCc1ccc(NC(=O)COC(=O)c2csc(-c3ccccc3)n2)cc1. The van der Waals surface area contributed by atoms with Crippen LogP contribution in [0.2, 0.25) is 0 Å². The molecule has 0 spiro atoms. The zero-order chi connectivity index (χ0) is 19.8. The molecule has 1 amide bonds. The van der Waals surface area contributed by atoms with E-state index in [1.165, 1.54) is 16.9 Å². The van der Waals surface area contributed by atoms with Gasteiger partial charge in [0, 0.05) is 16.6 Å². The van der Waals surface area contributed by atoms with Crippen molar-refractivity contribution in [2.45, 2.75) is 26.2 Å². The first-order valence-corrected chi connectivity index (χ1v) is 10.1. The van der Waals surface area contributed by atoms with Gasteiger partial charge >= 0.3 is 5.97 Å². The van der Waals surface area contributed by atoms with Gasteiger partial charge in [0.15, 0.2) is 12.3 Å². The molecule has 0 aliphatic carbocycles. The first kappa shape index (κ1) is 19.8. The number of aryl methyl sites for hydroxylation is 1. The van der Waals surface area contributed by atoms with E-state index < -0.39 is 5.97 Å². The highest BCUT2D eigenvalue weighted by molar-refractivity contribution is 7.13. The second-order valence-corrected chi connectivity index (χ2v) is 7.19. The van der Waals surface area contributed by atoms with Crippen molar-refractivity contribution in [1.29, 1.82) is 0 Å². The topological polar surface area (TPSA) is 68.3 Å². The standard InChI is InChI=1S/C22H22N2O3S/c1-2-3-7-16-10-12-18(13-11-16)23-20(25)14-27-22(26)19-15-28-21(24-19)17-8-5-4-6-9-17/h4-6,8-13,15H,2-3,7,14H2,1H3,(H,23,25). The number of benzene rings is 2. The number of nitrogens with zero attached hydrogens (tertiary/aromatic N) is 1. The van der Waals surface area contributed by atoms with Crippen LogP contribution in [0, 0.1) is 0 Å². The number of ether oxygens (including phenoxy) is 1. The Labute approximate surface area is 168 Å². The van der Waals surface area contributed by atoms with Crippen molar-refractivity contribution in [1.82, 2.24) is 4.98 Å². The summed E-state index contributed by atoms with van der Waals surface area (Å²) < 4.78 is 5.08. The quantitative estimate of drug-likeness (QED) is 0.549. The van der Waals surface area contributed by atoms with E-state index in [4.69, 9.17) is 4.74 Å². The van der Waals surface area contributed by atoms with Gasteiger partial charge in [-0.05, 0) is 30.5 Å². The molecule has 2 aromatic carbocycles. The number of esters is 1. The van der Waals surface area contributed by atoms with E-state index >= 15 is 0 Å². The Kier molecular flexibility index (Phi) is 6.92. The highest BCUT2D eigenvalue weighted by Crippen LogP contribution is 2.23. The predicted molar refractivity (Wildman–Crippen MR) is 112 cm³/mol. The summed E-state index contributed by atoms with van der Waals surface area (Å²) in [5, 5.41) is 5.10. The van der Waals surface area contributed by atoms with Gasteiger partial charge < -0.3 is 10.1 Å². The van der Waals surface area contributed by atoms with Gasteiger partial charge in [0.25, 0.3) is 5.91 Å². The van der Waals surface area contributed by atoms with Crippen molar-refractivity contribution in [3.05, 3.63) is 71.2 Å². The normalized spacial score (nSPS) is 10.5. The summed E-state index contributed by atoms with van der Waals surface area (Å²) in [5.74, 6) is -0.989. The lowest BCUT2D eigenvalue weighted by molar-refractivity contribution is -0.119. The number of aromatic nitrogens is 1. The summed E-state index contributed by atoms with van der Waals surface area (Å²) in [7, 11) is 0. The predicted octanol–water partition coefficient (Wildman–Crippen LogP) is 4.95. The van der Waals surface area contributed by atoms with Crippen LogP contribution in [0.4, 0.5) is 5.69 Å². The molecular formula is C22H22N2O3S. The van der Waals surface area contributed by atoms with Gasteiger partial charge in [0.1, 0.15) is 5.01 Å². The highest BCUT2D eigenvalue weighted by atomic mass is 32.1. The van der Waals surface area contributed by atoms with Gasteiger partial charge in [0.2, 0.25) is 0 Å². The lowest BCUT2D eigenvalue weighted by atomic mass is 10.1. The molecule has 0 bridgehead atoms. The third-order valence-electron chi connectivity index (χ3n) is 4.13. The van der Waals surface area contributed by atoms with Crippen LogP contribution in [-0.4, -0.2) is 23.5 Å². The van der Waals surface area contributed by atoms with E-state index in [2.05, 4.69) is 17.2 Å². The molecule has 1 aromatic heterocycles. The Morgan fingerprint density at radius 1 is 1.07 bits per heavy atom. The molecule has 3 aromatic rings. The number of carbonyl (C=O) groups is 2. The minimum absolute atomic E-state index is 0.205. The van der Waals surface area contributed by atoms with E-state index in [-0.39, 0.29) is 18.2 Å². The minimum Gasteiger partial charge on any atom is -0.451 e. The van der Waals surface area contributed by atoms with E-state index in [0.29, 0.717) is 5.69 Å². The molecule has 1 N–H and O–H groups in total. The van der Waals surface area contributed by atoms with Gasteiger partial charge in [-0.3, -0.25) is 4.79 Å². The zero-order valence-corrected chi connectivity index (χ0v) is 16.5. The number of nitrogens with one attached hydrogen (secondary N) is 1. The number of thiazole rings is 1. The summed E-state index contributed by atoms with van der Waals surface area (Å²) in [6.07, 6.45) is 3.32. The van der Waals surface area contributed by atoms with Crippen molar-refractivity contribution in [2.24, 2.45) is 0 Å². The van der Waals surface area contributed by atoms with Crippen molar-refractivity contribution in [3.63, 3.8) is 0 Å². The van der Waals surface area contributed by atoms with Crippen molar-refractivity contribution < 1.29 is 14.3 Å². The summed E-state index contributed by atoms with van der Waals surface area (Å²) in [4.78, 5) is 28.4. The maximum Gasteiger partial charge on any atom is 0.358 e. The Morgan fingerprint density at radius 2 is 1.82 bits per heavy atom. The van der Waals surface area contributed by atoms with Crippen LogP contribution in [0.15, 0.2) is 60.0 Å². The Hall–Kier alpha value is -2.99. The van der Waals surface area contributed by atoms with Crippen molar-refractivity contribution in [3.8, 4) is 10.6 Å². The number of carbonyl (C=O) groups excluding carboxylic acids is 2. The number of hydrogen-bond acceptors (Lipinski definition) is 5. The van der Waals surface area contributed by atoms with Gasteiger partial charge in [0.05, 0.1) is 0 Å². The number of hydrogen-bond donors (Lipinski definition) is 1. The van der Waals surface area contributed by atoms with Crippen LogP contribution in [0.3, 0.4) is 0 Å². The molecule has 1 heterocycles. The van der Waals surface area contributed by atoms with Crippen LogP contribution < -0.4 is 5.32 Å². The first-order valence-electron chi connectivity index (χ1n) is 9.22. The first-order chi connectivity index (χ1) is 13.7. The molecule has 144 valence electrons. The average Bonchev–Trinajstić information content (AvgIpc) is 3.22. The minimum atomic E-state index is -0.608.